The van der Waals surface area contributed by atoms with Crippen molar-refractivity contribution in [2.45, 2.75) is 13.0 Å². The lowest BCUT2D eigenvalue weighted by molar-refractivity contribution is 0.0277. The molecule has 0 saturated carbocycles. The molecule has 0 aliphatic carbocycles. The number of pyridine rings is 1. The summed E-state index contributed by atoms with van der Waals surface area (Å²) < 4.78 is 44.8. The van der Waals surface area contributed by atoms with Gasteiger partial charge in [-0.2, -0.15) is 0 Å². The van der Waals surface area contributed by atoms with Crippen molar-refractivity contribution in [1.29, 1.82) is 0 Å². The fourth-order valence-corrected chi connectivity index (χ4v) is 4.47. The predicted molar refractivity (Wildman–Crippen MR) is 133 cm³/mol. The largest absolute Gasteiger partial charge is 0.496 e. The molecule has 0 radical (unpaired) electrons. The van der Waals surface area contributed by atoms with E-state index in [-0.39, 0.29) is 22.5 Å². The first-order valence-corrected chi connectivity index (χ1v) is 11.6. The number of ketones is 1. The SMILES string of the molecule is COc1cc(F)ccc1-c1cc(Nc2ccc3c(C4CNCCO4)c(C(C)=O)c(=O)oc3c2)ncc1F. The molecule has 8 nitrogen and oxygen atoms in total. The molecule has 1 aliphatic rings. The lowest BCUT2D eigenvalue weighted by Gasteiger charge is -2.26. The maximum Gasteiger partial charge on any atom is 0.347 e. The third-order valence-electron chi connectivity index (χ3n) is 6.13. The number of benzene rings is 2. The number of nitrogens with one attached hydrogen (secondary N) is 2. The van der Waals surface area contributed by atoms with Crippen LogP contribution in [0.15, 0.2) is 57.9 Å². The smallest absolute Gasteiger partial charge is 0.347 e. The van der Waals surface area contributed by atoms with Crippen molar-refractivity contribution in [2.24, 2.45) is 0 Å². The van der Waals surface area contributed by atoms with E-state index in [1.54, 1.807) is 18.2 Å². The Labute approximate surface area is 210 Å². The van der Waals surface area contributed by atoms with E-state index in [0.717, 1.165) is 6.20 Å². The van der Waals surface area contributed by atoms with E-state index in [9.17, 15) is 18.4 Å². The van der Waals surface area contributed by atoms with Gasteiger partial charge in [0.1, 0.15) is 34.3 Å². The molecule has 1 saturated heterocycles. The summed E-state index contributed by atoms with van der Waals surface area (Å²) in [6.45, 7) is 2.90. The molecule has 3 heterocycles. The molecule has 1 fully saturated rings. The van der Waals surface area contributed by atoms with E-state index in [1.165, 1.54) is 38.3 Å². The molecule has 0 spiro atoms. The van der Waals surface area contributed by atoms with Crippen molar-refractivity contribution in [3.63, 3.8) is 0 Å². The number of anilines is 2. The number of rotatable bonds is 6. The minimum atomic E-state index is -0.744. The minimum Gasteiger partial charge on any atom is -0.496 e. The second kappa shape index (κ2) is 10.1. The number of hydrogen-bond donors (Lipinski definition) is 2. The highest BCUT2D eigenvalue weighted by Gasteiger charge is 2.27. The molecule has 2 N–H and O–H groups in total. The van der Waals surface area contributed by atoms with Crippen LogP contribution in [0.3, 0.4) is 0 Å². The first-order chi connectivity index (χ1) is 17.9. The van der Waals surface area contributed by atoms with Crippen molar-refractivity contribution < 1.29 is 27.5 Å². The van der Waals surface area contributed by atoms with Crippen LogP contribution in [-0.4, -0.2) is 37.6 Å². The number of fused-ring (bicyclic) bond motifs is 1. The zero-order chi connectivity index (χ0) is 26.1. The highest BCUT2D eigenvalue weighted by atomic mass is 19.1. The van der Waals surface area contributed by atoms with Crippen LogP contribution in [0.25, 0.3) is 22.1 Å². The molecule has 2 aromatic carbocycles. The van der Waals surface area contributed by atoms with Crippen LogP contribution < -0.4 is 21.0 Å². The Morgan fingerprint density at radius 3 is 2.73 bits per heavy atom. The molecule has 4 aromatic rings. The molecule has 37 heavy (non-hydrogen) atoms. The monoisotopic (exact) mass is 507 g/mol. The van der Waals surface area contributed by atoms with Crippen molar-refractivity contribution in [2.75, 3.05) is 32.1 Å². The number of halogens is 2. The predicted octanol–water partition coefficient (Wildman–Crippen LogP) is 4.75. The Bertz CT molecular complexity index is 1560. The Balaban J connectivity index is 1.54. The minimum absolute atomic E-state index is 0.0278. The Hall–Kier alpha value is -4.15. The number of carbonyl (C=O) groups is 1. The first kappa shape index (κ1) is 24.5. The summed E-state index contributed by atoms with van der Waals surface area (Å²) >= 11 is 0. The van der Waals surface area contributed by atoms with E-state index in [2.05, 4.69) is 15.6 Å². The van der Waals surface area contributed by atoms with E-state index in [0.29, 0.717) is 47.7 Å². The third-order valence-corrected chi connectivity index (χ3v) is 6.13. The van der Waals surface area contributed by atoms with Gasteiger partial charge < -0.3 is 24.5 Å². The van der Waals surface area contributed by atoms with E-state index < -0.39 is 29.1 Å². The molecule has 0 amide bonds. The first-order valence-electron chi connectivity index (χ1n) is 11.6. The van der Waals surface area contributed by atoms with Crippen LogP contribution in [0.1, 0.15) is 28.9 Å². The summed E-state index contributed by atoms with van der Waals surface area (Å²) in [6.07, 6.45) is 0.566. The van der Waals surface area contributed by atoms with Gasteiger partial charge >= 0.3 is 5.63 Å². The van der Waals surface area contributed by atoms with Gasteiger partial charge in [-0.3, -0.25) is 4.79 Å². The number of aromatic nitrogens is 1. The fourth-order valence-electron chi connectivity index (χ4n) is 4.47. The van der Waals surface area contributed by atoms with Gasteiger partial charge in [-0.05, 0) is 37.3 Å². The number of Topliss-reactive ketones (excluding diaryl/α,β-unsaturated/α-hetero) is 1. The Kier molecular flexibility index (Phi) is 6.68. The van der Waals surface area contributed by atoms with E-state index >= 15 is 0 Å². The number of nitrogens with zero attached hydrogens (tertiary/aromatic N) is 1. The summed E-state index contributed by atoms with van der Waals surface area (Å²) in [6, 6.07) is 10.3. The second-order valence-electron chi connectivity index (χ2n) is 8.53. The molecule has 1 unspecified atom stereocenters. The molecule has 2 aromatic heterocycles. The standard InChI is InChI=1S/C27H23F2N3O5/c1-14(33)25-26(23-13-30-7-8-36-23)18-6-4-16(10-22(18)37-27(25)34)32-24-11-19(20(29)12-31-24)17-5-3-15(28)9-21(17)35-2/h3-6,9-12,23,30H,7-8,13H2,1-2H3,(H,31,32). The van der Waals surface area contributed by atoms with Crippen molar-refractivity contribution in [1.82, 2.24) is 10.3 Å². The van der Waals surface area contributed by atoms with Gasteiger partial charge in [0.15, 0.2) is 5.78 Å². The van der Waals surface area contributed by atoms with E-state index in [1.807, 2.05) is 0 Å². The molecule has 190 valence electrons. The number of methoxy groups -OCH3 is 1. The van der Waals surface area contributed by atoms with Gasteiger partial charge in [-0.15, -0.1) is 0 Å². The fraction of sp³-hybridized carbons (Fsp3) is 0.222. The second-order valence-corrected chi connectivity index (χ2v) is 8.53. The molecule has 0 bridgehead atoms. The van der Waals surface area contributed by atoms with Crippen LogP contribution in [0.2, 0.25) is 0 Å². The molecule has 1 aliphatic heterocycles. The summed E-state index contributed by atoms with van der Waals surface area (Å²) in [5.41, 5.74) is 1.01. The van der Waals surface area contributed by atoms with Gasteiger partial charge in [0.25, 0.3) is 0 Å². The van der Waals surface area contributed by atoms with Crippen LogP contribution >= 0.6 is 0 Å². The lowest BCUT2D eigenvalue weighted by atomic mass is 9.96. The highest BCUT2D eigenvalue weighted by Crippen LogP contribution is 2.35. The molecule has 5 rings (SSSR count). The Morgan fingerprint density at radius 1 is 1.16 bits per heavy atom. The molecular weight excluding hydrogens is 484 g/mol. The maximum atomic E-state index is 14.7. The van der Waals surface area contributed by atoms with Crippen LogP contribution in [0, 0.1) is 11.6 Å². The topological polar surface area (TPSA) is 103 Å². The average Bonchev–Trinajstić information content (AvgIpc) is 2.89. The summed E-state index contributed by atoms with van der Waals surface area (Å²) in [4.78, 5) is 29.2. The van der Waals surface area contributed by atoms with Crippen LogP contribution in [-0.2, 0) is 4.74 Å². The third kappa shape index (κ3) is 4.81. The van der Waals surface area contributed by atoms with Crippen molar-refractivity contribution in [3.05, 3.63) is 81.8 Å². The number of ether oxygens (including phenoxy) is 2. The molecule has 10 heteroatoms. The van der Waals surface area contributed by atoms with Crippen molar-refractivity contribution in [3.8, 4) is 16.9 Å². The lowest BCUT2D eigenvalue weighted by Crippen LogP contribution is -2.35. The number of morpholine rings is 1. The van der Waals surface area contributed by atoms with Gasteiger partial charge in [0, 0.05) is 53.0 Å². The zero-order valence-electron chi connectivity index (χ0n) is 20.1. The van der Waals surface area contributed by atoms with Gasteiger partial charge in [-0.25, -0.2) is 18.6 Å². The normalized spacial score (nSPS) is 15.5. The van der Waals surface area contributed by atoms with Gasteiger partial charge in [-0.1, -0.05) is 0 Å². The van der Waals surface area contributed by atoms with Crippen LogP contribution in [0.4, 0.5) is 20.3 Å². The zero-order valence-corrected chi connectivity index (χ0v) is 20.1. The van der Waals surface area contributed by atoms with Gasteiger partial charge in [0.05, 0.1) is 26.0 Å². The van der Waals surface area contributed by atoms with Gasteiger partial charge in [0.2, 0.25) is 0 Å². The maximum absolute atomic E-state index is 14.7. The summed E-state index contributed by atoms with van der Waals surface area (Å²) in [5.74, 6) is -1.04. The quantitative estimate of drug-likeness (QED) is 0.285. The highest BCUT2D eigenvalue weighted by molar-refractivity contribution is 6.00. The summed E-state index contributed by atoms with van der Waals surface area (Å²) in [5, 5.41) is 6.86. The number of carbonyl (C=O) groups excluding carboxylic acids is 1. The Morgan fingerprint density at radius 2 is 2.00 bits per heavy atom. The molecule has 1 atom stereocenters. The van der Waals surface area contributed by atoms with Crippen LogP contribution in [0.5, 0.6) is 5.75 Å². The molecular formula is C27H23F2N3O5. The summed E-state index contributed by atoms with van der Waals surface area (Å²) in [7, 11) is 1.37. The average molecular weight is 507 g/mol. The van der Waals surface area contributed by atoms with E-state index in [4.69, 9.17) is 13.9 Å². The number of hydrogen-bond acceptors (Lipinski definition) is 8. The van der Waals surface area contributed by atoms with Crippen molar-refractivity contribution >= 4 is 28.3 Å².